The molecule has 7 nitrogen and oxygen atoms in total. The summed E-state index contributed by atoms with van der Waals surface area (Å²) in [4.78, 5) is 20.9. The average Bonchev–Trinajstić information content (AvgIpc) is 2.90. The highest BCUT2D eigenvalue weighted by atomic mass is 16.5. The largest absolute Gasteiger partial charge is 0.468 e. The van der Waals surface area contributed by atoms with Crippen LogP contribution >= 0.6 is 0 Å². The van der Waals surface area contributed by atoms with Crippen molar-refractivity contribution < 1.29 is 19.4 Å². The fraction of sp³-hybridized carbons (Fsp3) is 0.357. The van der Waals surface area contributed by atoms with E-state index in [0.29, 0.717) is 5.88 Å². The minimum absolute atomic E-state index is 0.252. The van der Waals surface area contributed by atoms with Gasteiger partial charge >= 0.3 is 6.09 Å². The molecule has 0 spiro atoms. The number of benzene rings is 1. The van der Waals surface area contributed by atoms with Gasteiger partial charge in [-0.1, -0.05) is 12.1 Å². The number of aromatic nitrogens is 2. The zero-order chi connectivity index (χ0) is 14.8. The summed E-state index contributed by atoms with van der Waals surface area (Å²) < 4.78 is 11.0. The first-order valence-electron chi connectivity index (χ1n) is 6.56. The quantitative estimate of drug-likeness (QED) is 0.919. The SMILES string of the molecule is COC1CN(C(=O)O)CC1Oc1cnc2ccccc2n1. The normalized spacial score (nSPS) is 21.7. The molecule has 2 unspecified atom stereocenters. The van der Waals surface area contributed by atoms with Crippen molar-refractivity contribution in [2.24, 2.45) is 0 Å². The molecule has 0 aliphatic carbocycles. The number of para-hydroxylation sites is 2. The maximum atomic E-state index is 11.0. The number of rotatable bonds is 3. The van der Waals surface area contributed by atoms with Crippen molar-refractivity contribution in [1.29, 1.82) is 0 Å². The lowest BCUT2D eigenvalue weighted by Gasteiger charge is -2.17. The molecule has 1 aliphatic rings. The van der Waals surface area contributed by atoms with Gasteiger partial charge in [-0.05, 0) is 12.1 Å². The Hall–Kier alpha value is -2.41. The molecule has 0 radical (unpaired) electrons. The van der Waals surface area contributed by atoms with E-state index in [1.807, 2.05) is 24.3 Å². The highest BCUT2D eigenvalue weighted by molar-refractivity contribution is 5.73. The van der Waals surface area contributed by atoms with Crippen LogP contribution in [-0.2, 0) is 4.74 Å². The van der Waals surface area contributed by atoms with E-state index in [1.54, 1.807) is 13.3 Å². The van der Waals surface area contributed by atoms with Crippen LogP contribution in [0, 0.1) is 0 Å². The third kappa shape index (κ3) is 2.73. The van der Waals surface area contributed by atoms with E-state index in [0.717, 1.165) is 11.0 Å². The number of ether oxygens (including phenoxy) is 2. The number of nitrogens with zero attached hydrogens (tertiary/aromatic N) is 3. The molecule has 7 heteroatoms. The van der Waals surface area contributed by atoms with E-state index in [-0.39, 0.29) is 25.3 Å². The molecule has 2 atom stereocenters. The first-order valence-corrected chi connectivity index (χ1v) is 6.56. The molecular weight excluding hydrogens is 274 g/mol. The minimum atomic E-state index is -0.979. The van der Waals surface area contributed by atoms with Gasteiger partial charge in [-0.3, -0.25) is 0 Å². The smallest absolute Gasteiger partial charge is 0.407 e. The summed E-state index contributed by atoms with van der Waals surface area (Å²) in [6, 6.07) is 7.48. The Balaban J connectivity index is 1.79. The van der Waals surface area contributed by atoms with Gasteiger partial charge in [0.1, 0.15) is 12.2 Å². The van der Waals surface area contributed by atoms with Gasteiger partial charge in [0.25, 0.3) is 0 Å². The van der Waals surface area contributed by atoms with Gasteiger partial charge in [0.05, 0.1) is 30.3 Å². The van der Waals surface area contributed by atoms with Gasteiger partial charge in [-0.15, -0.1) is 0 Å². The van der Waals surface area contributed by atoms with Crippen molar-refractivity contribution in [2.45, 2.75) is 12.2 Å². The zero-order valence-electron chi connectivity index (χ0n) is 11.5. The van der Waals surface area contributed by atoms with Crippen LogP contribution in [0.5, 0.6) is 5.88 Å². The number of likely N-dealkylation sites (tertiary alicyclic amines) is 1. The van der Waals surface area contributed by atoms with E-state index in [1.165, 1.54) is 4.90 Å². The van der Waals surface area contributed by atoms with E-state index in [9.17, 15) is 4.79 Å². The van der Waals surface area contributed by atoms with Gasteiger partial charge < -0.3 is 19.5 Å². The van der Waals surface area contributed by atoms with Gasteiger partial charge in [-0.25, -0.2) is 14.8 Å². The molecule has 1 aliphatic heterocycles. The van der Waals surface area contributed by atoms with E-state index < -0.39 is 6.09 Å². The van der Waals surface area contributed by atoms with Crippen molar-refractivity contribution in [3.63, 3.8) is 0 Å². The van der Waals surface area contributed by atoms with Crippen LogP contribution < -0.4 is 4.74 Å². The maximum Gasteiger partial charge on any atom is 0.407 e. The molecule has 110 valence electrons. The third-order valence-corrected chi connectivity index (χ3v) is 3.49. The van der Waals surface area contributed by atoms with E-state index in [2.05, 4.69) is 9.97 Å². The van der Waals surface area contributed by atoms with Gasteiger partial charge in [0, 0.05) is 7.11 Å². The first-order chi connectivity index (χ1) is 10.2. The zero-order valence-corrected chi connectivity index (χ0v) is 11.5. The lowest BCUT2D eigenvalue weighted by Crippen LogP contribution is -2.32. The second kappa shape index (κ2) is 5.53. The number of hydrogen-bond donors (Lipinski definition) is 1. The predicted octanol–water partition coefficient (Wildman–Crippen LogP) is 1.39. The van der Waals surface area contributed by atoms with Crippen molar-refractivity contribution in [3.05, 3.63) is 30.5 Å². The number of carboxylic acid groups (broad SMARTS) is 1. The molecule has 1 aromatic carbocycles. The fourth-order valence-electron chi connectivity index (χ4n) is 2.39. The van der Waals surface area contributed by atoms with Crippen molar-refractivity contribution >= 4 is 17.1 Å². The van der Waals surface area contributed by atoms with Crippen LogP contribution in [0.2, 0.25) is 0 Å². The van der Waals surface area contributed by atoms with E-state index >= 15 is 0 Å². The minimum Gasteiger partial charge on any atom is -0.468 e. The molecule has 1 fully saturated rings. The maximum absolute atomic E-state index is 11.0. The fourth-order valence-corrected chi connectivity index (χ4v) is 2.39. The molecule has 1 saturated heterocycles. The van der Waals surface area contributed by atoms with Gasteiger partial charge in [0.15, 0.2) is 0 Å². The standard InChI is InChI=1S/C14H15N3O4/c1-20-11-7-17(14(18)19)8-12(11)21-13-6-15-9-4-2-3-5-10(9)16-13/h2-6,11-12H,7-8H2,1H3,(H,18,19). The highest BCUT2D eigenvalue weighted by Crippen LogP contribution is 2.20. The number of fused-ring (bicyclic) bond motifs is 1. The molecule has 1 aromatic heterocycles. The lowest BCUT2D eigenvalue weighted by atomic mass is 10.2. The second-order valence-electron chi connectivity index (χ2n) is 4.81. The summed E-state index contributed by atoms with van der Waals surface area (Å²) in [6.45, 7) is 0.542. The van der Waals surface area contributed by atoms with Gasteiger partial charge in [-0.2, -0.15) is 0 Å². The van der Waals surface area contributed by atoms with Gasteiger partial charge in [0.2, 0.25) is 5.88 Å². The van der Waals surface area contributed by atoms with Crippen LogP contribution in [0.15, 0.2) is 30.5 Å². The Morgan fingerprint density at radius 2 is 2.00 bits per heavy atom. The molecule has 1 amide bonds. The Labute approximate surface area is 121 Å². The molecular formula is C14H15N3O4. The summed E-state index contributed by atoms with van der Waals surface area (Å²) in [7, 11) is 1.54. The average molecular weight is 289 g/mol. The monoisotopic (exact) mass is 289 g/mol. The highest BCUT2D eigenvalue weighted by Gasteiger charge is 2.37. The molecule has 3 rings (SSSR count). The lowest BCUT2D eigenvalue weighted by molar-refractivity contribution is 0.0320. The molecule has 0 saturated carbocycles. The first kappa shape index (κ1) is 13.6. The number of methoxy groups -OCH3 is 1. The Morgan fingerprint density at radius 3 is 2.71 bits per heavy atom. The van der Waals surface area contributed by atoms with Crippen molar-refractivity contribution in [1.82, 2.24) is 14.9 Å². The molecule has 0 bridgehead atoms. The summed E-state index contributed by atoms with van der Waals surface area (Å²) in [5.41, 5.74) is 1.52. The Bertz CT molecular complexity index is 663. The van der Waals surface area contributed by atoms with Crippen LogP contribution in [0.3, 0.4) is 0 Å². The molecule has 1 N–H and O–H groups in total. The van der Waals surface area contributed by atoms with Crippen molar-refractivity contribution in [2.75, 3.05) is 20.2 Å². The molecule has 2 aromatic rings. The molecule has 21 heavy (non-hydrogen) atoms. The van der Waals surface area contributed by atoms with Crippen molar-refractivity contribution in [3.8, 4) is 5.88 Å². The predicted molar refractivity (Wildman–Crippen MR) is 74.3 cm³/mol. The van der Waals surface area contributed by atoms with E-state index in [4.69, 9.17) is 14.6 Å². The van der Waals surface area contributed by atoms with Crippen LogP contribution in [0.4, 0.5) is 4.79 Å². The van der Waals surface area contributed by atoms with Crippen LogP contribution in [-0.4, -0.2) is 58.5 Å². The van der Waals surface area contributed by atoms with Crippen LogP contribution in [0.1, 0.15) is 0 Å². The number of hydrogen-bond acceptors (Lipinski definition) is 5. The summed E-state index contributed by atoms with van der Waals surface area (Å²) in [5.74, 6) is 0.369. The van der Waals surface area contributed by atoms with Crippen LogP contribution in [0.25, 0.3) is 11.0 Å². The third-order valence-electron chi connectivity index (χ3n) is 3.49. The topological polar surface area (TPSA) is 84.8 Å². The Morgan fingerprint density at radius 1 is 1.29 bits per heavy atom. The summed E-state index contributed by atoms with van der Waals surface area (Å²) in [5, 5.41) is 9.04. The second-order valence-corrected chi connectivity index (χ2v) is 4.81. The number of amides is 1. The molecule has 2 heterocycles. The number of carbonyl (C=O) groups is 1. The Kier molecular flexibility index (Phi) is 3.57. The summed E-state index contributed by atoms with van der Waals surface area (Å²) >= 11 is 0. The summed E-state index contributed by atoms with van der Waals surface area (Å²) in [6.07, 6.45) is -0.137.